The number of carbonyl (C=O) groups excluding carboxylic acids is 1. The van der Waals surface area contributed by atoms with E-state index in [4.69, 9.17) is 0 Å². The molecule has 8 nitrogen and oxygen atoms in total. The first kappa shape index (κ1) is 18.8. The molecule has 3 rings (SSSR count). The number of urea groups is 1. The fourth-order valence-electron chi connectivity index (χ4n) is 3.27. The van der Waals surface area contributed by atoms with Gasteiger partial charge < -0.3 is 10.6 Å². The van der Waals surface area contributed by atoms with Gasteiger partial charge in [-0.1, -0.05) is 0 Å². The number of hydrogen-bond donors (Lipinski definition) is 2. The van der Waals surface area contributed by atoms with Crippen molar-refractivity contribution in [2.45, 2.75) is 47.3 Å². The van der Waals surface area contributed by atoms with E-state index < -0.39 is 0 Å². The highest BCUT2D eigenvalue weighted by Crippen LogP contribution is 2.23. The fraction of sp³-hybridized carbons (Fsp3) is 0.421. The summed E-state index contributed by atoms with van der Waals surface area (Å²) < 4.78 is 5.25. The Labute approximate surface area is 157 Å². The molecule has 2 heterocycles. The SMILES string of the molecule is CCn1c(=O)n(CC)c2cc(NC(=O)NCc3cnn(C)c3C)c(C)cc21. The normalized spacial score (nSPS) is 11.1. The molecule has 0 saturated heterocycles. The number of rotatable bonds is 5. The first-order chi connectivity index (χ1) is 12.9. The van der Waals surface area contributed by atoms with Gasteiger partial charge in [-0.15, -0.1) is 0 Å². The Hall–Kier alpha value is -3.03. The van der Waals surface area contributed by atoms with Crippen LogP contribution in [0.4, 0.5) is 10.5 Å². The van der Waals surface area contributed by atoms with Crippen molar-refractivity contribution in [2.75, 3.05) is 5.32 Å². The first-order valence-electron chi connectivity index (χ1n) is 9.13. The van der Waals surface area contributed by atoms with Crippen LogP contribution in [0.15, 0.2) is 23.1 Å². The second kappa shape index (κ2) is 7.30. The van der Waals surface area contributed by atoms with Gasteiger partial charge in [-0.3, -0.25) is 13.8 Å². The lowest BCUT2D eigenvalue weighted by molar-refractivity contribution is 0.251. The quantitative estimate of drug-likeness (QED) is 0.724. The molecule has 0 radical (unpaired) electrons. The molecule has 0 saturated carbocycles. The van der Waals surface area contributed by atoms with E-state index in [0.29, 0.717) is 25.3 Å². The van der Waals surface area contributed by atoms with Gasteiger partial charge in [0.25, 0.3) is 0 Å². The van der Waals surface area contributed by atoms with Crippen LogP contribution in [0.3, 0.4) is 0 Å². The van der Waals surface area contributed by atoms with Crippen LogP contribution in [-0.2, 0) is 26.7 Å². The lowest BCUT2D eigenvalue weighted by Crippen LogP contribution is -2.28. The monoisotopic (exact) mass is 370 g/mol. The molecule has 2 aromatic heterocycles. The molecule has 0 bridgehead atoms. The van der Waals surface area contributed by atoms with Gasteiger partial charge >= 0.3 is 11.7 Å². The Bertz CT molecular complexity index is 1060. The van der Waals surface area contributed by atoms with Crippen molar-refractivity contribution in [2.24, 2.45) is 7.05 Å². The third kappa shape index (κ3) is 3.34. The summed E-state index contributed by atoms with van der Waals surface area (Å²) in [5.41, 5.74) is 5.28. The van der Waals surface area contributed by atoms with Crippen LogP contribution in [0, 0.1) is 13.8 Å². The molecule has 8 heteroatoms. The molecule has 0 aliphatic rings. The number of nitrogens with zero attached hydrogens (tertiary/aromatic N) is 4. The van der Waals surface area contributed by atoms with Crippen molar-refractivity contribution in [1.82, 2.24) is 24.2 Å². The Morgan fingerprint density at radius 1 is 1.11 bits per heavy atom. The van der Waals surface area contributed by atoms with E-state index in [9.17, 15) is 9.59 Å². The molecule has 2 amide bonds. The minimum Gasteiger partial charge on any atom is -0.334 e. The van der Waals surface area contributed by atoms with Gasteiger partial charge in [0.05, 0.1) is 17.2 Å². The Morgan fingerprint density at radius 3 is 2.30 bits per heavy atom. The Balaban J connectivity index is 1.84. The van der Waals surface area contributed by atoms with E-state index in [1.807, 2.05) is 46.9 Å². The molecular formula is C19H26N6O2. The van der Waals surface area contributed by atoms with Crippen molar-refractivity contribution in [3.8, 4) is 0 Å². The molecule has 0 spiro atoms. The molecule has 0 aliphatic carbocycles. The molecule has 144 valence electrons. The van der Waals surface area contributed by atoms with Crippen LogP contribution < -0.4 is 16.3 Å². The maximum Gasteiger partial charge on any atom is 0.329 e. The fourth-order valence-corrected chi connectivity index (χ4v) is 3.27. The van der Waals surface area contributed by atoms with Crippen LogP contribution in [-0.4, -0.2) is 24.9 Å². The largest absolute Gasteiger partial charge is 0.334 e. The summed E-state index contributed by atoms with van der Waals surface area (Å²) in [5, 5.41) is 9.93. The predicted octanol–water partition coefficient (Wildman–Crippen LogP) is 2.51. The number of carbonyl (C=O) groups is 1. The molecule has 3 aromatic rings. The third-order valence-electron chi connectivity index (χ3n) is 5.02. The number of anilines is 1. The van der Waals surface area contributed by atoms with Crippen LogP contribution >= 0.6 is 0 Å². The lowest BCUT2D eigenvalue weighted by Gasteiger charge is -2.11. The summed E-state index contributed by atoms with van der Waals surface area (Å²) in [6.45, 7) is 9.37. The smallest absolute Gasteiger partial charge is 0.329 e. The first-order valence-corrected chi connectivity index (χ1v) is 9.13. The Kier molecular flexibility index (Phi) is 5.07. The predicted molar refractivity (Wildman–Crippen MR) is 106 cm³/mol. The van der Waals surface area contributed by atoms with E-state index in [2.05, 4.69) is 15.7 Å². The van der Waals surface area contributed by atoms with Gasteiger partial charge in [-0.2, -0.15) is 5.10 Å². The van der Waals surface area contributed by atoms with Crippen molar-refractivity contribution >= 4 is 22.8 Å². The maximum atomic E-state index is 12.5. The second-order valence-electron chi connectivity index (χ2n) is 6.61. The summed E-state index contributed by atoms with van der Waals surface area (Å²) in [4.78, 5) is 24.9. The van der Waals surface area contributed by atoms with Gasteiger partial charge in [-0.25, -0.2) is 9.59 Å². The summed E-state index contributed by atoms with van der Waals surface area (Å²) >= 11 is 0. The van der Waals surface area contributed by atoms with E-state index in [-0.39, 0.29) is 11.7 Å². The van der Waals surface area contributed by atoms with Crippen LogP contribution in [0.2, 0.25) is 0 Å². The van der Waals surface area contributed by atoms with Gasteiger partial charge in [0.1, 0.15) is 0 Å². The maximum absolute atomic E-state index is 12.5. The van der Waals surface area contributed by atoms with Crippen LogP contribution in [0.25, 0.3) is 11.0 Å². The van der Waals surface area contributed by atoms with Crippen molar-refractivity contribution in [3.05, 3.63) is 45.6 Å². The van der Waals surface area contributed by atoms with Gasteiger partial charge in [0.15, 0.2) is 0 Å². The van der Waals surface area contributed by atoms with Crippen LogP contribution in [0.1, 0.15) is 30.7 Å². The third-order valence-corrected chi connectivity index (χ3v) is 5.02. The molecule has 27 heavy (non-hydrogen) atoms. The minimum absolute atomic E-state index is 0.0249. The molecule has 2 N–H and O–H groups in total. The number of benzene rings is 1. The second-order valence-corrected chi connectivity index (χ2v) is 6.61. The van der Waals surface area contributed by atoms with E-state index >= 15 is 0 Å². The number of nitrogens with one attached hydrogen (secondary N) is 2. The van der Waals surface area contributed by atoms with Crippen molar-refractivity contribution in [1.29, 1.82) is 0 Å². The molecule has 0 unspecified atom stereocenters. The lowest BCUT2D eigenvalue weighted by atomic mass is 10.1. The van der Waals surface area contributed by atoms with E-state index in [1.165, 1.54) is 0 Å². The summed E-state index contributed by atoms with van der Waals surface area (Å²) in [5.74, 6) is 0. The van der Waals surface area contributed by atoms with Gasteiger partial charge in [0, 0.05) is 43.6 Å². The molecule has 0 aliphatic heterocycles. The minimum atomic E-state index is -0.291. The zero-order chi connectivity index (χ0) is 19.7. The molecule has 0 atom stereocenters. The van der Waals surface area contributed by atoms with Crippen molar-refractivity contribution in [3.63, 3.8) is 0 Å². The molecule has 0 fully saturated rings. The number of aryl methyl sites for hydroxylation is 4. The summed E-state index contributed by atoms with van der Waals surface area (Å²) in [6, 6.07) is 3.53. The zero-order valence-electron chi connectivity index (χ0n) is 16.5. The molecule has 1 aromatic carbocycles. The highest BCUT2D eigenvalue weighted by molar-refractivity contribution is 5.93. The number of fused-ring (bicyclic) bond motifs is 1. The van der Waals surface area contributed by atoms with E-state index in [1.54, 1.807) is 20.0 Å². The number of hydrogen-bond acceptors (Lipinski definition) is 3. The number of aromatic nitrogens is 4. The average molecular weight is 370 g/mol. The molecular weight excluding hydrogens is 344 g/mol. The average Bonchev–Trinajstić information content (AvgIpc) is 3.09. The van der Waals surface area contributed by atoms with Gasteiger partial charge in [0.2, 0.25) is 0 Å². The Morgan fingerprint density at radius 2 is 1.74 bits per heavy atom. The summed E-state index contributed by atoms with van der Waals surface area (Å²) in [7, 11) is 1.87. The number of amides is 2. The van der Waals surface area contributed by atoms with Crippen LogP contribution in [0.5, 0.6) is 0 Å². The standard InChI is InChI=1S/C19H26N6O2/c1-6-24-16-8-12(3)15(9-17(16)25(7-2)19(24)27)22-18(26)20-10-14-11-21-23(5)13(14)4/h8-9,11H,6-7,10H2,1-5H3,(H2,20,22,26). The van der Waals surface area contributed by atoms with E-state index in [0.717, 1.165) is 27.9 Å². The zero-order valence-corrected chi connectivity index (χ0v) is 16.5. The highest BCUT2D eigenvalue weighted by atomic mass is 16.2. The van der Waals surface area contributed by atoms with Gasteiger partial charge in [-0.05, 0) is 45.4 Å². The van der Waals surface area contributed by atoms with Crippen molar-refractivity contribution < 1.29 is 4.79 Å². The highest BCUT2D eigenvalue weighted by Gasteiger charge is 2.14. The number of imidazole rings is 1. The topological polar surface area (TPSA) is 85.9 Å². The summed E-state index contributed by atoms with van der Waals surface area (Å²) in [6.07, 6.45) is 1.75.